The first kappa shape index (κ1) is 26.0. The Morgan fingerprint density at radius 3 is 2.35 bits per heavy atom. The zero-order valence-corrected chi connectivity index (χ0v) is 21.2. The van der Waals surface area contributed by atoms with E-state index in [1.165, 1.54) is 0 Å². The number of oxazole rings is 1. The first-order valence-corrected chi connectivity index (χ1v) is 12.4. The van der Waals surface area contributed by atoms with Gasteiger partial charge in [-0.2, -0.15) is 4.98 Å². The molecule has 1 unspecified atom stereocenters. The van der Waals surface area contributed by atoms with Crippen LogP contribution in [-0.4, -0.2) is 57.1 Å². The van der Waals surface area contributed by atoms with E-state index in [1.54, 1.807) is 6.92 Å². The van der Waals surface area contributed by atoms with E-state index < -0.39 is 6.10 Å². The summed E-state index contributed by atoms with van der Waals surface area (Å²) in [4.78, 5) is 18.8. The summed E-state index contributed by atoms with van der Waals surface area (Å²) < 4.78 is 28.3. The van der Waals surface area contributed by atoms with E-state index in [9.17, 15) is 4.79 Å². The molecule has 8 heteroatoms. The molecule has 3 aromatic carbocycles. The highest BCUT2D eigenvalue weighted by Crippen LogP contribution is 2.21. The normalized spacial score (nSPS) is 11.7. The minimum Gasteiger partial charge on any atom is -0.492 e. The molecule has 37 heavy (non-hydrogen) atoms. The Bertz CT molecular complexity index is 1210. The fourth-order valence-electron chi connectivity index (χ4n) is 3.67. The minimum absolute atomic E-state index is 0.271. The molecule has 0 bridgehead atoms. The maximum Gasteiger partial charge on any atom is 0.335 e. The second-order valence-electron chi connectivity index (χ2n) is 8.36. The molecule has 4 aromatic rings. The summed E-state index contributed by atoms with van der Waals surface area (Å²) in [5.41, 5.74) is 2.53. The molecular weight excluding hydrogens is 472 g/mol. The van der Waals surface area contributed by atoms with Crippen LogP contribution in [0.3, 0.4) is 0 Å². The third-order valence-corrected chi connectivity index (χ3v) is 5.61. The van der Waals surface area contributed by atoms with Crippen molar-refractivity contribution in [2.45, 2.75) is 19.4 Å². The molecule has 1 atom stereocenters. The van der Waals surface area contributed by atoms with Crippen LogP contribution in [-0.2, 0) is 20.7 Å². The lowest BCUT2D eigenvalue weighted by atomic mass is 10.1. The van der Waals surface area contributed by atoms with Crippen LogP contribution in [0.4, 0.5) is 6.01 Å². The summed E-state index contributed by atoms with van der Waals surface area (Å²) in [5.74, 6) is 1.11. The largest absolute Gasteiger partial charge is 0.492 e. The molecule has 1 heterocycles. The molecule has 0 saturated heterocycles. The lowest BCUT2D eigenvalue weighted by Crippen LogP contribution is -2.30. The van der Waals surface area contributed by atoms with Gasteiger partial charge >= 0.3 is 5.97 Å². The quantitative estimate of drug-likeness (QED) is 0.177. The van der Waals surface area contributed by atoms with Gasteiger partial charge in [-0.1, -0.05) is 42.5 Å². The van der Waals surface area contributed by atoms with E-state index in [2.05, 4.69) is 4.98 Å². The van der Waals surface area contributed by atoms with Crippen molar-refractivity contribution >= 4 is 23.1 Å². The Balaban J connectivity index is 1.24. The highest BCUT2D eigenvalue weighted by Gasteiger charge is 2.21. The molecule has 0 radical (unpaired) electrons. The summed E-state index contributed by atoms with van der Waals surface area (Å²) >= 11 is 0. The van der Waals surface area contributed by atoms with Crippen molar-refractivity contribution in [3.8, 4) is 11.5 Å². The predicted octanol–water partition coefficient (Wildman–Crippen LogP) is 4.91. The maximum absolute atomic E-state index is 12.4. The van der Waals surface area contributed by atoms with Gasteiger partial charge in [0.05, 0.1) is 19.8 Å². The van der Waals surface area contributed by atoms with Crippen LogP contribution in [0.5, 0.6) is 11.5 Å². The van der Waals surface area contributed by atoms with Crippen LogP contribution in [0.15, 0.2) is 83.3 Å². The Morgan fingerprint density at radius 2 is 1.59 bits per heavy atom. The molecule has 0 N–H and O–H groups in total. The smallest absolute Gasteiger partial charge is 0.335 e. The molecule has 4 rings (SSSR count). The van der Waals surface area contributed by atoms with Crippen LogP contribution in [0, 0.1) is 0 Å². The van der Waals surface area contributed by atoms with Crippen LogP contribution in [0.1, 0.15) is 12.5 Å². The van der Waals surface area contributed by atoms with Crippen molar-refractivity contribution in [1.82, 2.24) is 4.98 Å². The van der Waals surface area contributed by atoms with E-state index in [1.807, 2.05) is 90.8 Å². The number of rotatable bonds is 14. The minimum atomic E-state index is -0.712. The van der Waals surface area contributed by atoms with Crippen molar-refractivity contribution < 1.29 is 28.2 Å². The number of esters is 1. The Morgan fingerprint density at radius 1 is 0.892 bits per heavy atom. The summed E-state index contributed by atoms with van der Waals surface area (Å²) in [7, 11) is 1.91. The third kappa shape index (κ3) is 7.72. The maximum atomic E-state index is 12.4. The third-order valence-electron chi connectivity index (χ3n) is 5.61. The molecule has 0 aliphatic heterocycles. The number of likely N-dealkylation sites (N-methyl/N-ethyl adjacent to an activating group) is 1. The number of anilines is 1. The fourth-order valence-corrected chi connectivity index (χ4v) is 3.67. The van der Waals surface area contributed by atoms with Crippen molar-refractivity contribution in [2.75, 3.05) is 44.9 Å². The number of aromatic nitrogens is 1. The molecule has 0 fully saturated rings. The molecule has 0 spiro atoms. The van der Waals surface area contributed by atoms with Crippen molar-refractivity contribution in [3.63, 3.8) is 0 Å². The molecule has 0 amide bonds. The number of hydrogen-bond acceptors (Lipinski definition) is 8. The SMILES string of the molecule is CCOC(=O)C(Cc1ccc(OCCN(C)c2nc3ccccc3o2)cc1)OCCOc1ccccc1. The van der Waals surface area contributed by atoms with Crippen molar-refractivity contribution in [2.24, 2.45) is 0 Å². The first-order chi connectivity index (χ1) is 18.1. The summed E-state index contributed by atoms with van der Waals surface area (Å²) in [5, 5.41) is 0. The molecule has 1 aromatic heterocycles. The Kier molecular flexibility index (Phi) is 9.37. The second-order valence-corrected chi connectivity index (χ2v) is 8.36. The van der Waals surface area contributed by atoms with E-state index in [0.29, 0.717) is 38.8 Å². The number of benzene rings is 3. The number of hydrogen-bond donors (Lipinski definition) is 0. The average Bonchev–Trinajstić information content (AvgIpc) is 3.36. The van der Waals surface area contributed by atoms with Crippen LogP contribution >= 0.6 is 0 Å². The van der Waals surface area contributed by atoms with Crippen LogP contribution in [0.25, 0.3) is 11.1 Å². The van der Waals surface area contributed by atoms with Crippen molar-refractivity contribution in [3.05, 3.63) is 84.4 Å². The summed E-state index contributed by atoms with van der Waals surface area (Å²) in [6.45, 7) is 3.76. The van der Waals surface area contributed by atoms with E-state index >= 15 is 0 Å². The fraction of sp³-hybridized carbons (Fsp3) is 0.310. The van der Waals surface area contributed by atoms with Crippen LogP contribution in [0.2, 0.25) is 0 Å². The van der Waals surface area contributed by atoms with Gasteiger partial charge in [0.1, 0.15) is 30.2 Å². The molecule has 0 aliphatic rings. The van der Waals surface area contributed by atoms with Gasteiger partial charge in [0.15, 0.2) is 11.7 Å². The highest BCUT2D eigenvalue weighted by molar-refractivity contribution is 5.75. The zero-order valence-electron chi connectivity index (χ0n) is 21.2. The lowest BCUT2D eigenvalue weighted by molar-refractivity contribution is -0.157. The van der Waals surface area contributed by atoms with Gasteiger partial charge in [-0.25, -0.2) is 4.79 Å². The Labute approximate surface area is 216 Å². The summed E-state index contributed by atoms with van der Waals surface area (Å²) in [6.07, 6.45) is -0.318. The molecular formula is C29H32N2O6. The van der Waals surface area contributed by atoms with Gasteiger partial charge in [0.2, 0.25) is 0 Å². The number of nitrogens with zero attached hydrogens (tertiary/aromatic N) is 2. The van der Waals surface area contributed by atoms with Gasteiger partial charge in [-0.3, -0.25) is 0 Å². The van der Waals surface area contributed by atoms with Crippen molar-refractivity contribution in [1.29, 1.82) is 0 Å². The first-order valence-electron chi connectivity index (χ1n) is 12.4. The van der Waals surface area contributed by atoms with Gasteiger partial charge in [-0.15, -0.1) is 0 Å². The average molecular weight is 505 g/mol. The van der Waals surface area contributed by atoms with Crippen LogP contribution < -0.4 is 14.4 Å². The zero-order chi connectivity index (χ0) is 25.9. The number of para-hydroxylation sites is 3. The standard InChI is InChI=1S/C29H32N2O6/c1-3-33-28(32)27(36-20-19-35-23-9-5-4-6-10-23)21-22-13-15-24(16-14-22)34-18-17-31(2)29-30-25-11-7-8-12-26(25)37-29/h4-16,27H,3,17-21H2,1-2H3. The molecule has 8 nitrogen and oxygen atoms in total. The monoisotopic (exact) mass is 504 g/mol. The van der Waals surface area contributed by atoms with E-state index in [4.69, 9.17) is 23.4 Å². The van der Waals surface area contributed by atoms with Gasteiger partial charge in [0, 0.05) is 13.5 Å². The topological polar surface area (TPSA) is 83.3 Å². The Hall–Kier alpha value is -4.04. The van der Waals surface area contributed by atoms with E-state index in [-0.39, 0.29) is 12.6 Å². The van der Waals surface area contributed by atoms with Gasteiger partial charge < -0.3 is 28.3 Å². The number of ether oxygens (including phenoxy) is 4. The highest BCUT2D eigenvalue weighted by atomic mass is 16.6. The number of fused-ring (bicyclic) bond motifs is 1. The molecule has 0 aliphatic carbocycles. The second kappa shape index (κ2) is 13.3. The molecule has 194 valence electrons. The summed E-state index contributed by atoms with van der Waals surface area (Å²) in [6, 6.07) is 25.3. The van der Waals surface area contributed by atoms with E-state index in [0.717, 1.165) is 28.2 Å². The lowest BCUT2D eigenvalue weighted by Gasteiger charge is -2.17. The predicted molar refractivity (Wildman–Crippen MR) is 141 cm³/mol. The molecule has 0 saturated carbocycles. The van der Waals surface area contributed by atoms with Gasteiger partial charge in [-0.05, 0) is 48.9 Å². The number of carbonyl (C=O) groups is 1. The number of carbonyl (C=O) groups excluding carboxylic acids is 1. The van der Waals surface area contributed by atoms with Gasteiger partial charge in [0.25, 0.3) is 6.01 Å².